The highest BCUT2D eigenvalue weighted by molar-refractivity contribution is 6.04. The highest BCUT2D eigenvalue weighted by Crippen LogP contribution is 2.18. The highest BCUT2D eigenvalue weighted by Gasteiger charge is 2.16. The van der Waals surface area contributed by atoms with Gasteiger partial charge in [0.15, 0.2) is 6.10 Å². The van der Waals surface area contributed by atoms with Gasteiger partial charge in [0.25, 0.3) is 5.91 Å². The second-order valence-electron chi connectivity index (χ2n) is 5.99. The molecule has 0 radical (unpaired) electrons. The molecule has 0 spiro atoms. The number of methoxy groups -OCH3 is 1. The molecule has 0 aromatic heterocycles. The Morgan fingerprint density at radius 3 is 2.22 bits per heavy atom. The third-order valence-electron chi connectivity index (χ3n) is 3.85. The number of carbonyl (C=O) groups excluding carboxylic acids is 2. The zero-order valence-corrected chi connectivity index (χ0v) is 15.9. The van der Waals surface area contributed by atoms with Crippen LogP contribution in [0.3, 0.4) is 0 Å². The van der Waals surface area contributed by atoms with Gasteiger partial charge in [0.1, 0.15) is 11.5 Å². The molecule has 2 aromatic rings. The van der Waals surface area contributed by atoms with Crippen LogP contribution in [0.1, 0.15) is 37.0 Å². The monoisotopic (exact) mass is 371 g/mol. The first kappa shape index (κ1) is 20.3. The van der Waals surface area contributed by atoms with E-state index in [0.29, 0.717) is 23.6 Å². The number of benzene rings is 2. The molecule has 0 bridgehead atoms. The van der Waals surface area contributed by atoms with Gasteiger partial charge in [-0.1, -0.05) is 13.3 Å². The first-order valence-electron chi connectivity index (χ1n) is 8.92. The van der Waals surface area contributed by atoms with E-state index in [1.807, 2.05) is 6.92 Å². The molecule has 1 atom stereocenters. The summed E-state index contributed by atoms with van der Waals surface area (Å²) in [5, 5.41) is 2.81. The zero-order chi connectivity index (χ0) is 19.6. The lowest BCUT2D eigenvalue weighted by Crippen LogP contribution is -2.26. The molecule has 0 fully saturated rings. The number of esters is 1. The summed E-state index contributed by atoms with van der Waals surface area (Å²) in [6.07, 6.45) is 1.08. The van der Waals surface area contributed by atoms with Crippen LogP contribution in [0.5, 0.6) is 11.5 Å². The number of anilines is 1. The number of nitrogens with one attached hydrogen (secondary N) is 1. The average Bonchev–Trinajstić information content (AvgIpc) is 2.69. The molecule has 1 amide bonds. The molecule has 0 saturated carbocycles. The zero-order valence-electron chi connectivity index (χ0n) is 15.9. The summed E-state index contributed by atoms with van der Waals surface area (Å²) in [6, 6.07) is 13.7. The van der Waals surface area contributed by atoms with Gasteiger partial charge >= 0.3 is 5.97 Å². The maximum atomic E-state index is 12.3. The fourth-order valence-corrected chi connectivity index (χ4v) is 2.25. The molecular formula is C21H25NO5. The smallest absolute Gasteiger partial charge is 0.347 e. The van der Waals surface area contributed by atoms with Crippen LogP contribution in [-0.2, 0) is 9.53 Å². The first-order valence-corrected chi connectivity index (χ1v) is 8.92. The van der Waals surface area contributed by atoms with E-state index in [-0.39, 0.29) is 5.91 Å². The SMILES string of the molecule is CCCCOC(=O)[C@H](C)Oc1ccc(C(=O)Nc2ccc(OC)cc2)cc1. The number of hydrogen-bond donors (Lipinski definition) is 1. The van der Waals surface area contributed by atoms with Crippen LogP contribution >= 0.6 is 0 Å². The van der Waals surface area contributed by atoms with Crippen molar-refractivity contribution in [3.8, 4) is 11.5 Å². The minimum Gasteiger partial charge on any atom is -0.497 e. The average molecular weight is 371 g/mol. The summed E-state index contributed by atoms with van der Waals surface area (Å²) in [6.45, 7) is 4.06. The Bertz CT molecular complexity index is 740. The van der Waals surface area contributed by atoms with Gasteiger partial charge in [-0.3, -0.25) is 4.79 Å². The second-order valence-corrected chi connectivity index (χ2v) is 5.99. The van der Waals surface area contributed by atoms with Crippen molar-refractivity contribution in [1.82, 2.24) is 0 Å². The Balaban J connectivity index is 1.89. The van der Waals surface area contributed by atoms with E-state index in [0.717, 1.165) is 18.6 Å². The normalized spacial score (nSPS) is 11.4. The summed E-state index contributed by atoms with van der Waals surface area (Å²) in [5.41, 5.74) is 1.15. The van der Waals surface area contributed by atoms with Gasteiger partial charge in [-0.25, -0.2) is 4.79 Å². The maximum absolute atomic E-state index is 12.3. The summed E-state index contributed by atoms with van der Waals surface area (Å²) in [4.78, 5) is 24.1. The van der Waals surface area contributed by atoms with Crippen LogP contribution in [0.2, 0.25) is 0 Å². The minimum absolute atomic E-state index is 0.237. The van der Waals surface area contributed by atoms with E-state index in [9.17, 15) is 9.59 Å². The number of hydrogen-bond acceptors (Lipinski definition) is 5. The van der Waals surface area contributed by atoms with Crippen LogP contribution < -0.4 is 14.8 Å². The third kappa shape index (κ3) is 6.33. The van der Waals surface area contributed by atoms with E-state index in [1.165, 1.54) is 0 Å². The van der Waals surface area contributed by atoms with Crippen molar-refractivity contribution in [1.29, 1.82) is 0 Å². The molecule has 0 aliphatic rings. The Kier molecular flexibility index (Phi) is 7.67. The molecule has 2 aromatic carbocycles. The maximum Gasteiger partial charge on any atom is 0.347 e. The highest BCUT2D eigenvalue weighted by atomic mass is 16.6. The van der Waals surface area contributed by atoms with Gasteiger partial charge in [-0.2, -0.15) is 0 Å². The van der Waals surface area contributed by atoms with Crippen LogP contribution in [0.15, 0.2) is 48.5 Å². The molecule has 1 N–H and O–H groups in total. The van der Waals surface area contributed by atoms with Crippen molar-refractivity contribution in [2.24, 2.45) is 0 Å². The summed E-state index contributed by atoms with van der Waals surface area (Å²) in [7, 11) is 1.59. The van der Waals surface area contributed by atoms with Crippen LogP contribution in [0.4, 0.5) is 5.69 Å². The van der Waals surface area contributed by atoms with Crippen molar-refractivity contribution in [3.05, 3.63) is 54.1 Å². The first-order chi connectivity index (χ1) is 13.0. The Morgan fingerprint density at radius 2 is 1.63 bits per heavy atom. The molecule has 0 unspecified atom stereocenters. The largest absolute Gasteiger partial charge is 0.497 e. The molecule has 0 aliphatic carbocycles. The summed E-state index contributed by atoms with van der Waals surface area (Å²) in [5.74, 6) is 0.580. The standard InChI is InChI=1S/C21H25NO5/c1-4-5-14-26-21(24)15(2)27-19-10-6-16(7-11-19)20(23)22-17-8-12-18(25-3)13-9-17/h6-13,15H,4-5,14H2,1-3H3,(H,22,23)/t15-/m0/s1. The topological polar surface area (TPSA) is 73.9 Å². The van der Waals surface area contributed by atoms with E-state index in [2.05, 4.69) is 5.32 Å². The number of rotatable bonds is 9. The third-order valence-corrected chi connectivity index (χ3v) is 3.85. The second kappa shape index (κ2) is 10.2. The Morgan fingerprint density at radius 1 is 1.00 bits per heavy atom. The lowest BCUT2D eigenvalue weighted by atomic mass is 10.2. The minimum atomic E-state index is -0.708. The number of ether oxygens (including phenoxy) is 3. The van der Waals surface area contributed by atoms with Crippen molar-refractivity contribution in [2.45, 2.75) is 32.8 Å². The molecule has 2 rings (SSSR count). The fraction of sp³-hybridized carbons (Fsp3) is 0.333. The molecule has 144 valence electrons. The van der Waals surface area contributed by atoms with Gasteiger partial charge in [0, 0.05) is 11.3 Å². The number of amides is 1. The van der Waals surface area contributed by atoms with E-state index >= 15 is 0 Å². The Hall–Kier alpha value is -3.02. The van der Waals surface area contributed by atoms with Crippen molar-refractivity contribution < 1.29 is 23.8 Å². The molecular weight excluding hydrogens is 346 g/mol. The molecule has 0 heterocycles. The van der Waals surface area contributed by atoms with Gasteiger partial charge < -0.3 is 19.5 Å². The lowest BCUT2D eigenvalue weighted by molar-refractivity contribution is -0.151. The quantitative estimate of drug-likeness (QED) is 0.531. The van der Waals surface area contributed by atoms with Crippen LogP contribution in [-0.4, -0.2) is 31.7 Å². The van der Waals surface area contributed by atoms with Crippen LogP contribution in [0.25, 0.3) is 0 Å². The van der Waals surface area contributed by atoms with Gasteiger partial charge in [0.05, 0.1) is 13.7 Å². The lowest BCUT2D eigenvalue weighted by Gasteiger charge is -2.14. The van der Waals surface area contributed by atoms with Crippen molar-refractivity contribution >= 4 is 17.6 Å². The molecule has 6 nitrogen and oxygen atoms in total. The number of carbonyl (C=O) groups is 2. The molecule has 27 heavy (non-hydrogen) atoms. The van der Waals surface area contributed by atoms with E-state index in [1.54, 1.807) is 62.6 Å². The Labute approximate surface area is 159 Å². The van der Waals surface area contributed by atoms with Gasteiger partial charge in [-0.05, 0) is 61.9 Å². The molecule has 6 heteroatoms. The molecule has 0 saturated heterocycles. The summed E-state index contributed by atoms with van der Waals surface area (Å²) < 4.78 is 15.8. The predicted octanol–water partition coefficient (Wildman–Crippen LogP) is 4.06. The van der Waals surface area contributed by atoms with E-state index in [4.69, 9.17) is 14.2 Å². The van der Waals surface area contributed by atoms with Crippen LogP contribution in [0, 0.1) is 0 Å². The van der Waals surface area contributed by atoms with Gasteiger partial charge in [0.2, 0.25) is 0 Å². The predicted molar refractivity (Wildman–Crippen MR) is 103 cm³/mol. The molecule has 0 aliphatic heterocycles. The van der Waals surface area contributed by atoms with E-state index < -0.39 is 12.1 Å². The fourth-order valence-electron chi connectivity index (χ4n) is 2.25. The van der Waals surface area contributed by atoms with Gasteiger partial charge in [-0.15, -0.1) is 0 Å². The van der Waals surface area contributed by atoms with Crippen molar-refractivity contribution in [2.75, 3.05) is 19.0 Å². The number of unbranched alkanes of at least 4 members (excludes halogenated alkanes) is 1. The summed E-state index contributed by atoms with van der Waals surface area (Å²) >= 11 is 0. The van der Waals surface area contributed by atoms with Crippen molar-refractivity contribution in [3.63, 3.8) is 0 Å².